The van der Waals surface area contributed by atoms with Gasteiger partial charge < -0.3 is 15.2 Å². The smallest absolute Gasteiger partial charge is 0.148 e. The minimum atomic E-state index is 0.341. The molecule has 0 aliphatic carbocycles. The molecule has 0 radical (unpaired) electrons. The number of benzene rings is 1. The van der Waals surface area contributed by atoms with Gasteiger partial charge in [-0.2, -0.15) is 5.26 Å². The van der Waals surface area contributed by atoms with E-state index >= 15 is 0 Å². The van der Waals surface area contributed by atoms with E-state index in [1.165, 1.54) is 6.20 Å². The molecule has 5 heteroatoms. The van der Waals surface area contributed by atoms with Crippen molar-refractivity contribution in [2.75, 3.05) is 20.0 Å². The minimum absolute atomic E-state index is 0.341. The number of anilines is 1. The molecule has 1 heterocycles. The van der Waals surface area contributed by atoms with E-state index in [0.29, 0.717) is 33.7 Å². The number of pyridine rings is 1. The summed E-state index contributed by atoms with van der Waals surface area (Å²) in [7, 11) is 3.10. The Morgan fingerprint density at radius 2 is 2.06 bits per heavy atom. The van der Waals surface area contributed by atoms with Crippen molar-refractivity contribution < 1.29 is 9.47 Å². The Kier molecular flexibility index (Phi) is 2.71. The molecule has 1 aromatic carbocycles. The van der Waals surface area contributed by atoms with Gasteiger partial charge in [0.15, 0.2) is 0 Å². The fraction of sp³-hybridized carbons (Fsp3) is 0.167. The van der Waals surface area contributed by atoms with Crippen molar-refractivity contribution in [3.63, 3.8) is 0 Å². The van der Waals surface area contributed by atoms with Crippen molar-refractivity contribution in [3.8, 4) is 17.6 Å². The molecule has 0 amide bonds. The Morgan fingerprint density at radius 1 is 1.29 bits per heavy atom. The molecule has 0 aliphatic rings. The predicted octanol–water partition coefficient (Wildman–Crippen LogP) is 1.71. The summed E-state index contributed by atoms with van der Waals surface area (Å²) in [4.78, 5) is 4.18. The Balaban J connectivity index is 2.86. The summed E-state index contributed by atoms with van der Waals surface area (Å²) in [5.41, 5.74) is 7.24. The molecule has 0 aliphatic heterocycles. The van der Waals surface area contributed by atoms with Crippen molar-refractivity contribution in [2.45, 2.75) is 0 Å². The molecule has 0 spiro atoms. The first-order chi connectivity index (χ1) is 8.21. The van der Waals surface area contributed by atoms with Crippen LogP contribution in [-0.4, -0.2) is 19.2 Å². The first-order valence-electron chi connectivity index (χ1n) is 4.91. The molecule has 0 saturated heterocycles. The number of hydrogen-bond acceptors (Lipinski definition) is 5. The largest absolute Gasteiger partial charge is 0.497 e. The van der Waals surface area contributed by atoms with Crippen molar-refractivity contribution in [1.29, 1.82) is 5.26 Å². The molecule has 0 bridgehead atoms. The van der Waals surface area contributed by atoms with Crippen LogP contribution in [0.1, 0.15) is 5.56 Å². The van der Waals surface area contributed by atoms with Gasteiger partial charge in [0, 0.05) is 17.6 Å². The number of aromatic nitrogens is 1. The van der Waals surface area contributed by atoms with E-state index in [1.807, 2.05) is 6.07 Å². The molecule has 0 fully saturated rings. The van der Waals surface area contributed by atoms with Gasteiger partial charge in [0.2, 0.25) is 0 Å². The van der Waals surface area contributed by atoms with Gasteiger partial charge in [0.05, 0.1) is 25.5 Å². The normalized spacial score (nSPS) is 9.94. The number of nitrogens with two attached hydrogens (primary N) is 1. The SMILES string of the molecule is COc1cc(OC)c2ncc(C#N)c(N)c2c1. The standard InChI is InChI=1S/C12H11N3O2/c1-16-8-3-9-11(14)7(5-13)6-15-12(9)10(4-8)17-2/h3-4,6H,1-2H3,(H2,14,15). The zero-order valence-electron chi connectivity index (χ0n) is 9.52. The summed E-state index contributed by atoms with van der Waals surface area (Å²) in [6.45, 7) is 0. The van der Waals surface area contributed by atoms with E-state index in [2.05, 4.69) is 4.98 Å². The maximum atomic E-state index is 8.90. The third-order valence-electron chi connectivity index (χ3n) is 2.53. The molecular weight excluding hydrogens is 218 g/mol. The molecular formula is C12H11N3O2. The highest BCUT2D eigenvalue weighted by molar-refractivity contribution is 5.97. The summed E-state index contributed by atoms with van der Waals surface area (Å²) < 4.78 is 10.4. The molecule has 2 aromatic rings. The van der Waals surface area contributed by atoms with Crippen LogP contribution in [0.2, 0.25) is 0 Å². The second-order valence-electron chi connectivity index (χ2n) is 3.42. The number of nitrogen functional groups attached to an aromatic ring is 1. The van der Waals surface area contributed by atoms with Crippen molar-refractivity contribution >= 4 is 16.6 Å². The Bertz CT molecular complexity index is 617. The fourth-order valence-corrected chi connectivity index (χ4v) is 1.63. The Hall–Kier alpha value is -2.48. The zero-order chi connectivity index (χ0) is 12.4. The number of methoxy groups -OCH3 is 2. The zero-order valence-corrected chi connectivity index (χ0v) is 9.52. The predicted molar refractivity (Wildman–Crippen MR) is 64.0 cm³/mol. The van der Waals surface area contributed by atoms with Gasteiger partial charge in [-0.25, -0.2) is 0 Å². The van der Waals surface area contributed by atoms with Crippen molar-refractivity contribution in [3.05, 3.63) is 23.9 Å². The number of ether oxygens (including phenoxy) is 2. The van der Waals surface area contributed by atoms with Crippen LogP contribution in [0.15, 0.2) is 18.3 Å². The molecule has 1 aromatic heterocycles. The van der Waals surface area contributed by atoms with Crippen LogP contribution >= 0.6 is 0 Å². The van der Waals surface area contributed by atoms with Gasteiger partial charge in [-0.05, 0) is 6.07 Å². The third kappa shape index (κ3) is 1.70. The van der Waals surface area contributed by atoms with E-state index in [1.54, 1.807) is 26.4 Å². The average molecular weight is 229 g/mol. The van der Waals surface area contributed by atoms with Crippen LogP contribution < -0.4 is 15.2 Å². The third-order valence-corrected chi connectivity index (χ3v) is 2.53. The van der Waals surface area contributed by atoms with Crippen LogP contribution in [0.25, 0.3) is 10.9 Å². The second kappa shape index (κ2) is 4.18. The number of rotatable bonds is 2. The summed E-state index contributed by atoms with van der Waals surface area (Å²) in [5, 5.41) is 9.55. The average Bonchev–Trinajstić information content (AvgIpc) is 2.38. The monoisotopic (exact) mass is 229 g/mol. The van der Waals surface area contributed by atoms with E-state index in [-0.39, 0.29) is 0 Å². The first kappa shape index (κ1) is 11.0. The van der Waals surface area contributed by atoms with Crippen LogP contribution in [0.5, 0.6) is 11.5 Å². The highest BCUT2D eigenvalue weighted by Gasteiger charge is 2.11. The molecule has 2 N–H and O–H groups in total. The van der Waals surface area contributed by atoms with E-state index in [0.717, 1.165) is 0 Å². The topological polar surface area (TPSA) is 81.2 Å². The van der Waals surface area contributed by atoms with E-state index in [4.69, 9.17) is 20.5 Å². The van der Waals surface area contributed by atoms with Crippen molar-refractivity contribution in [1.82, 2.24) is 4.98 Å². The van der Waals surface area contributed by atoms with Gasteiger partial charge in [-0.3, -0.25) is 4.98 Å². The molecule has 0 saturated carbocycles. The van der Waals surface area contributed by atoms with Crippen LogP contribution in [0, 0.1) is 11.3 Å². The van der Waals surface area contributed by atoms with E-state index in [9.17, 15) is 0 Å². The number of nitrogens with zero attached hydrogens (tertiary/aromatic N) is 2. The van der Waals surface area contributed by atoms with Crippen molar-refractivity contribution in [2.24, 2.45) is 0 Å². The number of nitriles is 1. The lowest BCUT2D eigenvalue weighted by molar-refractivity contribution is 0.397. The van der Waals surface area contributed by atoms with Crippen LogP contribution in [0.3, 0.4) is 0 Å². The maximum absolute atomic E-state index is 8.90. The van der Waals surface area contributed by atoms with Gasteiger partial charge >= 0.3 is 0 Å². The highest BCUT2D eigenvalue weighted by atomic mass is 16.5. The lowest BCUT2D eigenvalue weighted by Crippen LogP contribution is -1.97. The second-order valence-corrected chi connectivity index (χ2v) is 3.42. The molecule has 86 valence electrons. The van der Waals surface area contributed by atoms with Gasteiger partial charge in [0.1, 0.15) is 23.1 Å². The van der Waals surface area contributed by atoms with Crippen LogP contribution in [-0.2, 0) is 0 Å². The Labute approximate surface area is 98.4 Å². The Morgan fingerprint density at radius 3 is 2.65 bits per heavy atom. The first-order valence-corrected chi connectivity index (χ1v) is 4.91. The van der Waals surface area contributed by atoms with Gasteiger partial charge in [0.25, 0.3) is 0 Å². The molecule has 0 unspecified atom stereocenters. The molecule has 0 atom stereocenters. The summed E-state index contributed by atoms with van der Waals surface area (Å²) >= 11 is 0. The van der Waals surface area contributed by atoms with Gasteiger partial charge in [-0.1, -0.05) is 0 Å². The quantitative estimate of drug-likeness (QED) is 0.847. The fourth-order valence-electron chi connectivity index (χ4n) is 1.63. The molecule has 2 rings (SSSR count). The summed E-state index contributed by atoms with van der Waals surface area (Å²) in [5.74, 6) is 1.17. The summed E-state index contributed by atoms with van der Waals surface area (Å²) in [6, 6.07) is 5.45. The van der Waals surface area contributed by atoms with Crippen LogP contribution in [0.4, 0.5) is 5.69 Å². The minimum Gasteiger partial charge on any atom is -0.497 e. The van der Waals surface area contributed by atoms with Gasteiger partial charge in [-0.15, -0.1) is 0 Å². The molecule has 5 nitrogen and oxygen atoms in total. The lowest BCUT2D eigenvalue weighted by Gasteiger charge is -2.10. The molecule has 17 heavy (non-hydrogen) atoms. The highest BCUT2D eigenvalue weighted by Crippen LogP contribution is 2.33. The maximum Gasteiger partial charge on any atom is 0.148 e. The number of hydrogen-bond donors (Lipinski definition) is 1. The van der Waals surface area contributed by atoms with E-state index < -0.39 is 0 Å². The lowest BCUT2D eigenvalue weighted by atomic mass is 10.1. The summed E-state index contributed by atoms with van der Waals surface area (Å²) in [6.07, 6.45) is 1.44. The number of fused-ring (bicyclic) bond motifs is 1.